The Hall–Kier alpha value is -8.40. The Morgan fingerprint density at radius 2 is 0.667 bits per heavy atom. The lowest BCUT2D eigenvalue weighted by Gasteiger charge is -2.22. The predicted octanol–water partition coefficient (Wildman–Crippen LogP) is 17.4. The largest absolute Gasteiger partial charge is 0.416 e. The van der Waals surface area contributed by atoms with Gasteiger partial charge in [0.25, 0.3) is 0 Å². The molecule has 4 nitrogen and oxygen atoms in total. The van der Waals surface area contributed by atoms with Crippen LogP contribution >= 0.6 is 0 Å². The number of fused-ring (bicyclic) bond motifs is 6. The van der Waals surface area contributed by atoms with Gasteiger partial charge in [-0.15, -0.1) is 0 Å². The van der Waals surface area contributed by atoms with Gasteiger partial charge in [0, 0.05) is 49.4 Å². The third-order valence-electron chi connectivity index (χ3n) is 12.6. The molecule has 0 spiro atoms. The quantitative estimate of drug-likeness (QED) is 0.156. The number of aromatic nitrogens is 4. The van der Waals surface area contributed by atoms with Crippen LogP contribution in [0.2, 0.25) is 0 Å². The van der Waals surface area contributed by atoms with Gasteiger partial charge in [-0.05, 0) is 91.0 Å². The Kier molecular flexibility index (Phi) is 10.6. The monoisotopic (exact) mass is 986 g/mol. The zero-order valence-corrected chi connectivity index (χ0v) is 36.6. The van der Waals surface area contributed by atoms with Crippen LogP contribution in [0.1, 0.15) is 22.3 Å². The maximum atomic E-state index is 14.4. The summed E-state index contributed by atoms with van der Waals surface area (Å²) in [6, 6.07) is 42.6. The molecule has 0 unspecified atom stereocenters. The fourth-order valence-corrected chi connectivity index (χ4v) is 9.43. The van der Waals surface area contributed by atoms with Crippen molar-refractivity contribution in [2.24, 2.45) is 0 Å². The summed E-state index contributed by atoms with van der Waals surface area (Å²) in [5.41, 5.74) is -0.537. The van der Waals surface area contributed by atoms with Crippen molar-refractivity contribution in [3.05, 3.63) is 204 Å². The van der Waals surface area contributed by atoms with Crippen molar-refractivity contribution in [1.29, 1.82) is 0 Å². The van der Waals surface area contributed by atoms with Gasteiger partial charge in [0.05, 0.1) is 67.1 Å². The highest BCUT2D eigenvalue weighted by molar-refractivity contribution is 6.12. The molecule has 3 aromatic heterocycles. The molecule has 358 valence electrons. The van der Waals surface area contributed by atoms with E-state index >= 15 is 0 Å². The van der Waals surface area contributed by atoms with E-state index in [1.165, 1.54) is 33.4 Å². The zero-order valence-electron chi connectivity index (χ0n) is 36.6. The Morgan fingerprint density at radius 1 is 0.306 bits per heavy atom. The summed E-state index contributed by atoms with van der Waals surface area (Å²) in [7, 11) is 0. The van der Waals surface area contributed by atoms with Crippen molar-refractivity contribution in [2.75, 3.05) is 0 Å². The van der Waals surface area contributed by atoms with Gasteiger partial charge in [-0.2, -0.15) is 52.7 Å². The molecule has 0 atom stereocenters. The number of alkyl halides is 12. The summed E-state index contributed by atoms with van der Waals surface area (Å²) in [6.45, 7) is 0. The van der Waals surface area contributed by atoms with E-state index in [-0.39, 0.29) is 66.4 Å². The Balaban J connectivity index is 1.29. The van der Waals surface area contributed by atoms with Crippen LogP contribution in [0.15, 0.2) is 182 Å². The minimum absolute atomic E-state index is 0.0852. The molecule has 0 aliphatic heterocycles. The highest BCUT2D eigenvalue weighted by Crippen LogP contribution is 2.48. The van der Waals surface area contributed by atoms with Gasteiger partial charge in [-0.3, -0.25) is 0 Å². The van der Waals surface area contributed by atoms with Gasteiger partial charge in [-0.1, -0.05) is 91.0 Å². The van der Waals surface area contributed by atoms with E-state index in [1.807, 2.05) is 36.4 Å². The summed E-state index contributed by atoms with van der Waals surface area (Å²) < 4.78 is 175. The third kappa shape index (κ3) is 7.96. The number of hydrogen-bond donors (Lipinski definition) is 0. The Bertz CT molecular complexity index is 3720. The average molecular weight is 987 g/mol. The van der Waals surface area contributed by atoms with E-state index in [0.717, 1.165) is 48.5 Å². The average Bonchev–Trinajstić information content (AvgIpc) is 3.87. The van der Waals surface area contributed by atoms with E-state index in [4.69, 9.17) is 9.97 Å². The van der Waals surface area contributed by atoms with Crippen LogP contribution in [0.25, 0.3) is 100 Å². The lowest BCUT2D eigenvalue weighted by Crippen LogP contribution is -2.06. The van der Waals surface area contributed by atoms with Crippen LogP contribution in [0, 0.1) is 0 Å². The number of rotatable bonds is 6. The fraction of sp³-hybridized carbons (Fsp3) is 0.0714. The number of para-hydroxylation sites is 1. The van der Waals surface area contributed by atoms with Crippen LogP contribution in [0.5, 0.6) is 0 Å². The maximum absolute atomic E-state index is 14.4. The molecule has 11 rings (SSSR count). The molecule has 0 bridgehead atoms. The molecule has 8 aromatic carbocycles. The molecule has 0 fully saturated rings. The van der Waals surface area contributed by atoms with Crippen LogP contribution in [0.3, 0.4) is 0 Å². The molecule has 0 aliphatic rings. The SMILES string of the molecule is FC(F)(F)c1ccc2c(c1)c1cc(C(F)(F)F)ccc1n2-c1ccccc1-c1c(-c2cc(-c3ccccc3)nc(-c3ccccc3)n2)cccc1-n1c2ccc(C(F)(F)F)cc2c2cc(C(F)(F)F)ccc21. The van der Waals surface area contributed by atoms with Crippen molar-refractivity contribution < 1.29 is 52.7 Å². The zero-order chi connectivity index (χ0) is 50.5. The molecule has 0 aliphatic carbocycles. The molecular weight excluding hydrogens is 957 g/mol. The second kappa shape index (κ2) is 16.6. The first-order valence-corrected chi connectivity index (χ1v) is 21.9. The lowest BCUT2D eigenvalue weighted by atomic mass is 9.93. The highest BCUT2D eigenvalue weighted by Gasteiger charge is 2.36. The van der Waals surface area contributed by atoms with Crippen molar-refractivity contribution in [1.82, 2.24) is 19.1 Å². The van der Waals surface area contributed by atoms with Crippen molar-refractivity contribution in [3.63, 3.8) is 0 Å². The Labute approximate surface area is 399 Å². The number of benzene rings is 8. The van der Waals surface area contributed by atoms with Crippen LogP contribution in [0.4, 0.5) is 52.7 Å². The van der Waals surface area contributed by atoms with E-state index in [0.29, 0.717) is 33.6 Å². The second-order valence-corrected chi connectivity index (χ2v) is 17.0. The van der Waals surface area contributed by atoms with Crippen molar-refractivity contribution in [2.45, 2.75) is 24.7 Å². The summed E-state index contributed by atoms with van der Waals surface area (Å²) in [5, 5.41) is -0.598. The van der Waals surface area contributed by atoms with Gasteiger partial charge < -0.3 is 9.13 Å². The van der Waals surface area contributed by atoms with Crippen LogP contribution in [-0.2, 0) is 24.7 Å². The summed E-state index contributed by atoms with van der Waals surface area (Å²) >= 11 is 0. The second-order valence-electron chi connectivity index (χ2n) is 17.0. The van der Waals surface area contributed by atoms with Crippen molar-refractivity contribution >= 4 is 43.6 Å². The van der Waals surface area contributed by atoms with Crippen LogP contribution < -0.4 is 0 Å². The summed E-state index contributed by atoms with van der Waals surface area (Å²) in [5.74, 6) is 0.288. The lowest BCUT2D eigenvalue weighted by molar-refractivity contribution is -0.138. The maximum Gasteiger partial charge on any atom is 0.416 e. The number of halogens is 12. The van der Waals surface area contributed by atoms with Gasteiger partial charge in [0.15, 0.2) is 5.82 Å². The van der Waals surface area contributed by atoms with Gasteiger partial charge >= 0.3 is 24.7 Å². The molecule has 0 amide bonds. The number of hydrogen-bond acceptors (Lipinski definition) is 2. The molecule has 0 saturated carbocycles. The molecule has 3 heterocycles. The normalized spacial score (nSPS) is 12.7. The fourth-order valence-electron chi connectivity index (χ4n) is 9.43. The molecule has 11 aromatic rings. The first kappa shape index (κ1) is 46.0. The summed E-state index contributed by atoms with van der Waals surface area (Å²) in [6.07, 6.45) is -19.5. The highest BCUT2D eigenvalue weighted by atomic mass is 19.4. The van der Waals surface area contributed by atoms with E-state index in [9.17, 15) is 52.7 Å². The number of nitrogens with zero attached hydrogens (tertiary/aromatic N) is 4. The first-order chi connectivity index (χ1) is 34.2. The minimum Gasteiger partial charge on any atom is -0.309 e. The molecular formula is C56H30F12N4. The molecule has 16 heteroatoms. The minimum atomic E-state index is -4.88. The van der Waals surface area contributed by atoms with Gasteiger partial charge in [0.2, 0.25) is 0 Å². The predicted molar refractivity (Wildman–Crippen MR) is 252 cm³/mol. The molecule has 0 radical (unpaired) electrons. The molecule has 0 saturated heterocycles. The molecule has 0 N–H and O–H groups in total. The van der Waals surface area contributed by atoms with E-state index in [1.54, 1.807) is 72.8 Å². The smallest absolute Gasteiger partial charge is 0.309 e. The Morgan fingerprint density at radius 3 is 1.11 bits per heavy atom. The standard InChI is InChI=1S/C56H30F12N4/c57-53(58,59)33-18-22-46-39(26-33)40-27-34(54(60,61)62)19-23-47(40)71(46)45-16-8-7-14-38(45)51-37(44-30-43(31-10-3-1-4-11-31)69-52(70-44)32-12-5-2-6-13-32)15-9-17-50(51)72-48-24-20-35(55(63,64)65)28-41(48)42-29-36(56(66,67)68)21-25-49(42)72/h1-30H. The van der Waals surface area contributed by atoms with Gasteiger partial charge in [-0.25, -0.2) is 9.97 Å². The topological polar surface area (TPSA) is 35.6 Å². The molecule has 72 heavy (non-hydrogen) atoms. The van der Waals surface area contributed by atoms with Gasteiger partial charge in [0.1, 0.15) is 0 Å². The van der Waals surface area contributed by atoms with E-state index in [2.05, 4.69) is 0 Å². The third-order valence-corrected chi connectivity index (χ3v) is 12.6. The first-order valence-electron chi connectivity index (χ1n) is 21.9. The van der Waals surface area contributed by atoms with Crippen LogP contribution in [-0.4, -0.2) is 19.1 Å². The summed E-state index contributed by atoms with van der Waals surface area (Å²) in [4.78, 5) is 10.0. The van der Waals surface area contributed by atoms with E-state index < -0.39 is 47.0 Å². The van der Waals surface area contributed by atoms with Crippen molar-refractivity contribution in [3.8, 4) is 56.4 Å².